The number of nitrogens with zero attached hydrogens (tertiary/aromatic N) is 2. The van der Waals surface area contributed by atoms with Gasteiger partial charge in [0.05, 0.1) is 21.5 Å². The maximum atomic E-state index is 10.7. The molecule has 2 atom stereocenters. The average Bonchev–Trinajstić information content (AvgIpc) is 2.82. The number of rotatable bonds is 4. The van der Waals surface area contributed by atoms with Crippen molar-refractivity contribution in [2.75, 3.05) is 0 Å². The van der Waals surface area contributed by atoms with E-state index in [9.17, 15) is 5.11 Å². The van der Waals surface area contributed by atoms with Crippen LogP contribution in [0.3, 0.4) is 0 Å². The van der Waals surface area contributed by atoms with E-state index in [1.54, 1.807) is 0 Å². The van der Waals surface area contributed by atoms with E-state index in [4.69, 9.17) is 0 Å². The van der Waals surface area contributed by atoms with Crippen molar-refractivity contribution in [2.24, 2.45) is 5.92 Å². The standard InChI is InChI=1S/C14H23BrN2O/c1-4-11-13(15)12(17(5-2)16-11)9-14(18)7-6-10(3)8-14/h10,18H,4-9H2,1-3H3. The Balaban J connectivity index is 2.25. The highest BCUT2D eigenvalue weighted by molar-refractivity contribution is 9.10. The molecule has 0 aliphatic heterocycles. The van der Waals surface area contributed by atoms with Crippen LogP contribution in [-0.4, -0.2) is 20.5 Å². The maximum absolute atomic E-state index is 10.7. The van der Waals surface area contributed by atoms with Crippen molar-refractivity contribution < 1.29 is 5.11 Å². The van der Waals surface area contributed by atoms with Crippen LogP contribution in [0.4, 0.5) is 0 Å². The lowest BCUT2D eigenvalue weighted by atomic mass is 9.94. The van der Waals surface area contributed by atoms with Gasteiger partial charge < -0.3 is 5.11 Å². The molecule has 1 aliphatic carbocycles. The van der Waals surface area contributed by atoms with Gasteiger partial charge in [0.1, 0.15) is 0 Å². The minimum absolute atomic E-state index is 0.528. The summed E-state index contributed by atoms with van der Waals surface area (Å²) in [5.41, 5.74) is 1.73. The minimum Gasteiger partial charge on any atom is -0.389 e. The van der Waals surface area contributed by atoms with Crippen molar-refractivity contribution in [3.05, 3.63) is 15.9 Å². The smallest absolute Gasteiger partial charge is 0.0766 e. The van der Waals surface area contributed by atoms with Crippen LogP contribution in [-0.2, 0) is 19.4 Å². The van der Waals surface area contributed by atoms with Crippen molar-refractivity contribution in [1.29, 1.82) is 0 Å². The van der Waals surface area contributed by atoms with Gasteiger partial charge in [0, 0.05) is 13.0 Å². The molecular weight excluding hydrogens is 292 g/mol. The van der Waals surface area contributed by atoms with Crippen molar-refractivity contribution >= 4 is 15.9 Å². The molecule has 1 aromatic rings. The van der Waals surface area contributed by atoms with Crippen LogP contribution < -0.4 is 0 Å². The Labute approximate surface area is 118 Å². The molecule has 1 saturated carbocycles. The largest absolute Gasteiger partial charge is 0.389 e. The van der Waals surface area contributed by atoms with E-state index in [1.165, 1.54) is 0 Å². The minimum atomic E-state index is -0.528. The highest BCUT2D eigenvalue weighted by atomic mass is 79.9. The molecule has 18 heavy (non-hydrogen) atoms. The van der Waals surface area contributed by atoms with Crippen LogP contribution in [0, 0.1) is 5.92 Å². The third kappa shape index (κ3) is 2.64. The first kappa shape index (κ1) is 14.1. The molecule has 0 spiro atoms. The van der Waals surface area contributed by atoms with Gasteiger partial charge >= 0.3 is 0 Å². The molecule has 102 valence electrons. The molecular formula is C14H23BrN2O. The van der Waals surface area contributed by atoms with E-state index in [-0.39, 0.29) is 0 Å². The molecule has 0 aromatic carbocycles. The van der Waals surface area contributed by atoms with Gasteiger partial charge in [-0.2, -0.15) is 5.10 Å². The zero-order chi connectivity index (χ0) is 13.3. The van der Waals surface area contributed by atoms with Crippen LogP contribution in [0.15, 0.2) is 4.47 Å². The molecule has 1 heterocycles. The monoisotopic (exact) mass is 314 g/mol. The number of aliphatic hydroxyl groups is 1. The van der Waals surface area contributed by atoms with Gasteiger partial charge in [-0.15, -0.1) is 0 Å². The molecule has 0 bridgehead atoms. The molecule has 1 N–H and O–H groups in total. The fourth-order valence-corrected chi connectivity index (χ4v) is 3.73. The zero-order valence-corrected chi connectivity index (χ0v) is 13.1. The zero-order valence-electron chi connectivity index (χ0n) is 11.5. The normalized spacial score (nSPS) is 27.9. The Morgan fingerprint density at radius 3 is 2.72 bits per heavy atom. The summed E-state index contributed by atoms with van der Waals surface area (Å²) in [4.78, 5) is 0. The molecule has 0 saturated heterocycles. The fourth-order valence-electron chi connectivity index (χ4n) is 3.03. The van der Waals surface area contributed by atoms with Crippen LogP contribution in [0.25, 0.3) is 0 Å². The third-order valence-corrected chi connectivity index (χ3v) is 4.94. The molecule has 0 radical (unpaired) electrons. The highest BCUT2D eigenvalue weighted by Gasteiger charge is 2.37. The van der Waals surface area contributed by atoms with Crippen LogP contribution in [0.1, 0.15) is 51.4 Å². The lowest BCUT2D eigenvalue weighted by Gasteiger charge is -2.23. The summed E-state index contributed by atoms with van der Waals surface area (Å²) in [6, 6.07) is 0. The van der Waals surface area contributed by atoms with Crippen LogP contribution >= 0.6 is 15.9 Å². The summed E-state index contributed by atoms with van der Waals surface area (Å²) in [5, 5.41) is 15.3. The van der Waals surface area contributed by atoms with Gasteiger partial charge in [0.25, 0.3) is 0 Å². The number of aromatic nitrogens is 2. The van der Waals surface area contributed by atoms with E-state index in [0.717, 1.165) is 54.5 Å². The van der Waals surface area contributed by atoms with E-state index < -0.39 is 5.60 Å². The predicted molar refractivity (Wildman–Crippen MR) is 76.6 cm³/mol. The van der Waals surface area contributed by atoms with Crippen LogP contribution in [0.5, 0.6) is 0 Å². The summed E-state index contributed by atoms with van der Waals surface area (Å²) in [7, 11) is 0. The second kappa shape index (κ2) is 5.33. The fraction of sp³-hybridized carbons (Fsp3) is 0.786. The van der Waals surface area contributed by atoms with Gasteiger partial charge in [-0.25, -0.2) is 0 Å². The van der Waals surface area contributed by atoms with Crippen LogP contribution in [0.2, 0.25) is 0 Å². The first-order valence-electron chi connectivity index (χ1n) is 6.95. The van der Waals surface area contributed by atoms with Crippen molar-refractivity contribution in [2.45, 2.75) is 65.0 Å². The number of aryl methyl sites for hydroxylation is 2. The Morgan fingerprint density at radius 1 is 1.50 bits per heavy atom. The molecule has 1 aromatic heterocycles. The molecule has 3 nitrogen and oxygen atoms in total. The maximum Gasteiger partial charge on any atom is 0.0766 e. The van der Waals surface area contributed by atoms with Gasteiger partial charge in [-0.05, 0) is 54.5 Å². The number of hydrogen-bond donors (Lipinski definition) is 1. The lowest BCUT2D eigenvalue weighted by Crippen LogP contribution is -2.29. The predicted octanol–water partition coefficient (Wildman–Crippen LogP) is 3.32. The van der Waals surface area contributed by atoms with Crippen molar-refractivity contribution in [3.63, 3.8) is 0 Å². The Bertz CT molecular complexity index is 430. The molecule has 0 amide bonds. The summed E-state index contributed by atoms with van der Waals surface area (Å²) in [6.45, 7) is 7.30. The van der Waals surface area contributed by atoms with Gasteiger partial charge in [-0.3, -0.25) is 4.68 Å². The molecule has 1 fully saturated rings. The summed E-state index contributed by atoms with van der Waals surface area (Å²) in [5.74, 6) is 0.636. The SMILES string of the molecule is CCc1nn(CC)c(CC2(O)CCC(C)C2)c1Br. The molecule has 4 heteroatoms. The average molecular weight is 315 g/mol. The first-order valence-corrected chi connectivity index (χ1v) is 7.74. The second-order valence-electron chi connectivity index (χ2n) is 5.63. The number of halogens is 1. The molecule has 2 rings (SSSR count). The molecule has 2 unspecified atom stereocenters. The van der Waals surface area contributed by atoms with E-state index >= 15 is 0 Å². The quantitative estimate of drug-likeness (QED) is 0.925. The van der Waals surface area contributed by atoms with Gasteiger partial charge in [0.2, 0.25) is 0 Å². The third-order valence-electron chi connectivity index (χ3n) is 4.02. The van der Waals surface area contributed by atoms with Gasteiger partial charge in [0.15, 0.2) is 0 Å². The van der Waals surface area contributed by atoms with Crippen molar-refractivity contribution in [1.82, 2.24) is 9.78 Å². The van der Waals surface area contributed by atoms with E-state index in [2.05, 4.69) is 41.8 Å². The van der Waals surface area contributed by atoms with E-state index in [1.807, 2.05) is 4.68 Å². The van der Waals surface area contributed by atoms with Gasteiger partial charge in [-0.1, -0.05) is 13.8 Å². The Morgan fingerprint density at radius 2 is 2.22 bits per heavy atom. The Hall–Kier alpha value is -0.350. The second-order valence-corrected chi connectivity index (χ2v) is 6.42. The van der Waals surface area contributed by atoms with E-state index in [0.29, 0.717) is 5.92 Å². The lowest BCUT2D eigenvalue weighted by molar-refractivity contribution is 0.0424. The highest BCUT2D eigenvalue weighted by Crippen LogP contribution is 2.38. The first-order chi connectivity index (χ1) is 8.49. The van der Waals surface area contributed by atoms with Crippen molar-refractivity contribution in [3.8, 4) is 0 Å². The summed E-state index contributed by atoms with van der Waals surface area (Å²) < 4.78 is 3.13. The topological polar surface area (TPSA) is 38.0 Å². The Kier molecular flexibility index (Phi) is 4.17. The molecule has 1 aliphatic rings. The number of hydrogen-bond acceptors (Lipinski definition) is 2. The summed E-state index contributed by atoms with van der Waals surface area (Å²) >= 11 is 3.66. The summed E-state index contributed by atoms with van der Waals surface area (Å²) in [6.07, 6.45) is 4.61.